The molecule has 0 aromatic carbocycles. The van der Waals surface area contributed by atoms with Crippen molar-refractivity contribution >= 4 is 6.09 Å². The van der Waals surface area contributed by atoms with Gasteiger partial charge in [0.05, 0.1) is 6.10 Å². The summed E-state index contributed by atoms with van der Waals surface area (Å²) in [6, 6.07) is 0. The van der Waals surface area contributed by atoms with Gasteiger partial charge in [0.2, 0.25) is 0 Å². The quantitative estimate of drug-likeness (QED) is 0.780. The van der Waals surface area contributed by atoms with E-state index in [4.69, 9.17) is 4.74 Å². The molecule has 1 aliphatic carbocycles. The molecule has 2 N–H and O–H groups in total. The van der Waals surface area contributed by atoms with Gasteiger partial charge in [0.15, 0.2) is 0 Å². The van der Waals surface area contributed by atoms with E-state index in [0.717, 1.165) is 19.3 Å². The smallest absolute Gasteiger partial charge is 0.408 e. The number of carbonyl (C=O) groups is 1. The third kappa shape index (κ3) is 4.00. The lowest BCUT2D eigenvalue weighted by Gasteiger charge is -2.43. The summed E-state index contributed by atoms with van der Waals surface area (Å²) in [5, 5.41) is 12.3. The molecule has 0 aliphatic heterocycles. The maximum atomic E-state index is 11.6. The molecule has 0 aromatic rings. The largest absolute Gasteiger partial charge is 0.444 e. The molecule has 1 saturated carbocycles. The van der Waals surface area contributed by atoms with Gasteiger partial charge in [0.1, 0.15) is 5.60 Å². The van der Waals surface area contributed by atoms with Gasteiger partial charge in [-0.15, -0.1) is 0 Å². The maximum Gasteiger partial charge on any atom is 0.408 e. The maximum absolute atomic E-state index is 11.6. The van der Waals surface area contributed by atoms with Crippen molar-refractivity contribution < 1.29 is 14.6 Å². The molecule has 1 amide bonds. The molecule has 1 fully saturated rings. The number of hydrogen-bond acceptors (Lipinski definition) is 3. The minimum atomic E-state index is -0.472. The second-order valence-corrected chi connectivity index (χ2v) is 5.81. The molecule has 0 bridgehead atoms. The van der Waals surface area contributed by atoms with E-state index in [1.807, 2.05) is 20.8 Å². The number of carbonyl (C=O) groups excluding carboxylic acids is 1. The zero-order valence-electron chi connectivity index (χ0n) is 10.7. The number of alkyl carbamates (subject to hydrolysis) is 1. The summed E-state index contributed by atoms with van der Waals surface area (Å²) in [6.45, 7) is 7.27. The topological polar surface area (TPSA) is 58.6 Å². The monoisotopic (exact) mass is 229 g/mol. The van der Waals surface area contributed by atoms with Crippen LogP contribution in [0.2, 0.25) is 0 Å². The summed E-state index contributed by atoms with van der Waals surface area (Å²) >= 11 is 0. The fourth-order valence-electron chi connectivity index (χ4n) is 2.07. The van der Waals surface area contributed by atoms with Gasteiger partial charge in [-0.25, -0.2) is 4.79 Å². The van der Waals surface area contributed by atoms with Crippen molar-refractivity contribution in [1.29, 1.82) is 0 Å². The van der Waals surface area contributed by atoms with E-state index in [-0.39, 0.29) is 11.6 Å². The third-order valence-corrected chi connectivity index (χ3v) is 2.76. The Balaban J connectivity index is 2.47. The van der Waals surface area contributed by atoms with Gasteiger partial charge < -0.3 is 15.2 Å². The average molecular weight is 229 g/mol. The van der Waals surface area contributed by atoms with E-state index in [1.165, 1.54) is 0 Å². The minimum Gasteiger partial charge on any atom is -0.444 e. The Bertz CT molecular complexity index is 251. The summed E-state index contributed by atoms with van der Waals surface area (Å²) < 4.78 is 5.22. The Kier molecular flexibility index (Phi) is 3.84. The Morgan fingerprint density at radius 3 is 2.38 bits per heavy atom. The van der Waals surface area contributed by atoms with E-state index in [9.17, 15) is 9.90 Å². The highest BCUT2D eigenvalue weighted by Gasteiger charge is 2.40. The highest BCUT2D eigenvalue weighted by atomic mass is 16.6. The average Bonchev–Trinajstić information content (AvgIpc) is 1.95. The normalized spacial score (nSPS) is 20.8. The molecule has 0 aromatic heterocycles. The number of rotatable bonds is 3. The van der Waals surface area contributed by atoms with E-state index in [2.05, 4.69) is 5.32 Å². The Labute approximate surface area is 97.4 Å². The number of nitrogens with one attached hydrogen (secondary N) is 1. The van der Waals surface area contributed by atoms with Gasteiger partial charge in [0, 0.05) is 5.54 Å². The molecule has 1 rings (SSSR count). The van der Waals surface area contributed by atoms with Crippen LogP contribution in [-0.4, -0.2) is 28.4 Å². The van der Waals surface area contributed by atoms with Gasteiger partial charge in [0.25, 0.3) is 0 Å². The van der Waals surface area contributed by atoms with Gasteiger partial charge in [-0.1, -0.05) is 0 Å². The zero-order valence-corrected chi connectivity index (χ0v) is 10.7. The van der Waals surface area contributed by atoms with E-state index < -0.39 is 11.7 Å². The molecule has 0 saturated heterocycles. The molecule has 16 heavy (non-hydrogen) atoms. The predicted octanol–water partition coefficient (Wildman–Crippen LogP) is 2.20. The lowest BCUT2D eigenvalue weighted by Crippen LogP contribution is -2.55. The molecule has 4 heteroatoms. The molecule has 4 nitrogen and oxygen atoms in total. The molecule has 94 valence electrons. The predicted molar refractivity (Wildman–Crippen MR) is 62.2 cm³/mol. The fourth-order valence-corrected chi connectivity index (χ4v) is 2.07. The zero-order chi connectivity index (χ0) is 12.4. The van der Waals surface area contributed by atoms with E-state index in [0.29, 0.717) is 6.42 Å². The Morgan fingerprint density at radius 1 is 1.50 bits per heavy atom. The first-order valence-electron chi connectivity index (χ1n) is 5.92. The number of hydrogen-bond donors (Lipinski definition) is 2. The summed E-state index contributed by atoms with van der Waals surface area (Å²) in [5.74, 6) is 0. The SMILES string of the molecule is CC(O)CC1(NC(=O)OC(C)(C)C)CCC1. The van der Waals surface area contributed by atoms with E-state index >= 15 is 0 Å². The lowest BCUT2D eigenvalue weighted by atomic mass is 9.73. The number of amides is 1. The number of aliphatic hydroxyl groups excluding tert-OH is 1. The minimum absolute atomic E-state index is 0.240. The summed E-state index contributed by atoms with van der Waals surface area (Å²) in [7, 11) is 0. The van der Waals surface area contributed by atoms with Crippen LogP contribution in [0.1, 0.15) is 53.4 Å². The van der Waals surface area contributed by atoms with Crippen molar-refractivity contribution in [2.75, 3.05) is 0 Å². The molecular weight excluding hydrogens is 206 g/mol. The number of ether oxygens (including phenoxy) is 1. The second kappa shape index (κ2) is 4.62. The van der Waals surface area contributed by atoms with Gasteiger partial charge in [-0.3, -0.25) is 0 Å². The van der Waals surface area contributed by atoms with Crippen LogP contribution in [0, 0.1) is 0 Å². The van der Waals surface area contributed by atoms with Crippen LogP contribution in [0.15, 0.2) is 0 Å². The summed E-state index contributed by atoms with van der Waals surface area (Å²) in [5.41, 5.74) is -0.712. The van der Waals surface area contributed by atoms with Crippen molar-refractivity contribution in [2.24, 2.45) is 0 Å². The Morgan fingerprint density at radius 2 is 2.06 bits per heavy atom. The molecule has 0 radical (unpaired) electrons. The van der Waals surface area contributed by atoms with Crippen LogP contribution in [0.25, 0.3) is 0 Å². The number of aliphatic hydroxyl groups is 1. The lowest BCUT2D eigenvalue weighted by molar-refractivity contribution is 0.0287. The van der Waals surface area contributed by atoms with Crippen LogP contribution in [0.5, 0.6) is 0 Å². The van der Waals surface area contributed by atoms with Gasteiger partial charge in [-0.2, -0.15) is 0 Å². The second-order valence-electron chi connectivity index (χ2n) is 5.81. The van der Waals surface area contributed by atoms with Crippen LogP contribution < -0.4 is 5.32 Å². The Hall–Kier alpha value is -0.770. The van der Waals surface area contributed by atoms with Crippen LogP contribution in [-0.2, 0) is 4.74 Å². The van der Waals surface area contributed by atoms with Crippen LogP contribution in [0.3, 0.4) is 0 Å². The van der Waals surface area contributed by atoms with Crippen LogP contribution in [0.4, 0.5) is 4.79 Å². The third-order valence-electron chi connectivity index (χ3n) is 2.76. The van der Waals surface area contributed by atoms with Gasteiger partial charge in [-0.05, 0) is 53.4 Å². The van der Waals surface area contributed by atoms with E-state index in [1.54, 1.807) is 6.92 Å². The van der Waals surface area contributed by atoms with Crippen LogP contribution >= 0.6 is 0 Å². The van der Waals surface area contributed by atoms with Crippen molar-refractivity contribution in [3.05, 3.63) is 0 Å². The molecule has 0 heterocycles. The highest BCUT2D eigenvalue weighted by Crippen LogP contribution is 2.36. The van der Waals surface area contributed by atoms with Crippen molar-refractivity contribution in [3.8, 4) is 0 Å². The summed E-state index contributed by atoms with van der Waals surface area (Å²) in [6.07, 6.45) is 2.78. The van der Waals surface area contributed by atoms with Crippen molar-refractivity contribution in [2.45, 2.75) is 70.6 Å². The molecule has 1 unspecified atom stereocenters. The fraction of sp³-hybridized carbons (Fsp3) is 0.917. The van der Waals surface area contributed by atoms with Crippen molar-refractivity contribution in [3.63, 3.8) is 0 Å². The highest BCUT2D eigenvalue weighted by molar-refractivity contribution is 5.69. The first-order chi connectivity index (χ1) is 7.22. The van der Waals surface area contributed by atoms with Crippen molar-refractivity contribution in [1.82, 2.24) is 5.32 Å². The standard InChI is InChI=1S/C12H23NO3/c1-9(14)8-12(6-5-7-12)13-10(15)16-11(2,3)4/h9,14H,5-8H2,1-4H3,(H,13,15). The molecule has 1 aliphatic rings. The molecular formula is C12H23NO3. The first-order valence-corrected chi connectivity index (χ1v) is 5.92. The summed E-state index contributed by atoms with van der Waals surface area (Å²) in [4.78, 5) is 11.6. The van der Waals surface area contributed by atoms with Gasteiger partial charge >= 0.3 is 6.09 Å². The first kappa shape index (κ1) is 13.3. The molecule has 0 spiro atoms. The molecule has 1 atom stereocenters.